The quantitative estimate of drug-likeness (QED) is 0.627. The van der Waals surface area contributed by atoms with E-state index >= 15 is 0 Å². The van der Waals surface area contributed by atoms with E-state index in [0.717, 1.165) is 35.6 Å². The van der Waals surface area contributed by atoms with E-state index in [1.165, 1.54) is 6.26 Å². The van der Waals surface area contributed by atoms with Gasteiger partial charge in [0.25, 0.3) is 5.91 Å². The Hall–Kier alpha value is -3.74. The van der Waals surface area contributed by atoms with E-state index in [1.807, 2.05) is 42.5 Å². The molecule has 1 atom stereocenters. The van der Waals surface area contributed by atoms with Gasteiger partial charge in [0.2, 0.25) is 11.2 Å². The van der Waals surface area contributed by atoms with Crippen LogP contribution in [0.5, 0.6) is 17.2 Å². The molecule has 3 aromatic rings. The van der Waals surface area contributed by atoms with Gasteiger partial charge in [-0.25, -0.2) is 0 Å². The van der Waals surface area contributed by atoms with Gasteiger partial charge >= 0.3 is 0 Å². The third kappa shape index (κ3) is 4.40. The molecule has 0 aliphatic heterocycles. The van der Waals surface area contributed by atoms with Crippen LogP contribution in [0.15, 0.2) is 64.0 Å². The van der Waals surface area contributed by atoms with E-state index in [0.29, 0.717) is 11.5 Å². The second kappa shape index (κ2) is 8.95. The highest BCUT2D eigenvalue weighted by Crippen LogP contribution is 2.39. The van der Waals surface area contributed by atoms with E-state index in [1.54, 1.807) is 14.2 Å². The highest BCUT2D eigenvalue weighted by molar-refractivity contribution is 5.91. The molecule has 1 aromatic heterocycles. The van der Waals surface area contributed by atoms with Crippen LogP contribution >= 0.6 is 0 Å². The van der Waals surface area contributed by atoms with Crippen LogP contribution in [0, 0.1) is 0 Å². The average Bonchev–Trinajstić information content (AvgIpc) is 3.19. The molecule has 0 fully saturated rings. The number of nitrogens with one attached hydrogen (secondary N) is 1. The molecule has 7 heteroatoms. The highest BCUT2D eigenvalue weighted by Gasteiger charge is 2.27. The number of rotatable bonds is 7. The Labute approximate surface area is 179 Å². The van der Waals surface area contributed by atoms with Crippen molar-refractivity contribution in [1.82, 2.24) is 5.32 Å². The number of ether oxygens (including phenoxy) is 3. The van der Waals surface area contributed by atoms with Gasteiger partial charge in [-0.2, -0.15) is 0 Å². The summed E-state index contributed by atoms with van der Waals surface area (Å²) in [6.07, 6.45) is 2.72. The van der Waals surface area contributed by atoms with Crippen LogP contribution < -0.4 is 25.0 Å². The Kier molecular flexibility index (Phi) is 5.93. The summed E-state index contributed by atoms with van der Waals surface area (Å²) in [5, 5.41) is 2.94. The number of carbonyl (C=O) groups excluding carboxylic acids is 1. The van der Waals surface area contributed by atoms with E-state index < -0.39 is 11.3 Å². The predicted octanol–water partition coefficient (Wildman–Crippen LogP) is 3.65. The molecule has 1 amide bonds. The van der Waals surface area contributed by atoms with Gasteiger partial charge in [-0.1, -0.05) is 30.3 Å². The van der Waals surface area contributed by atoms with Crippen LogP contribution in [-0.2, 0) is 13.0 Å². The number of fused-ring (bicyclic) bond motifs is 1. The number of hydrogen-bond acceptors (Lipinski definition) is 6. The standard InChI is InChI=1S/C24H23NO6/c1-28-20-10-16-8-9-18(17(16)11-21(20)29-2)25-24(27)22-12-19(26)23(14-31-22)30-13-15-6-4-3-5-7-15/h3-7,10-12,14,18H,8-9,13H2,1-2H3,(H,25,27)/t18-/m1/s1. The number of benzene rings is 2. The molecule has 7 nitrogen and oxygen atoms in total. The number of amides is 1. The number of methoxy groups -OCH3 is 2. The van der Waals surface area contributed by atoms with Gasteiger partial charge in [-0.05, 0) is 41.7 Å². The van der Waals surface area contributed by atoms with Gasteiger partial charge in [-0.3, -0.25) is 9.59 Å². The van der Waals surface area contributed by atoms with E-state index in [-0.39, 0.29) is 24.2 Å². The predicted molar refractivity (Wildman–Crippen MR) is 114 cm³/mol. The molecule has 0 saturated carbocycles. The van der Waals surface area contributed by atoms with Crippen LogP contribution in [0.3, 0.4) is 0 Å². The molecular formula is C24H23NO6. The van der Waals surface area contributed by atoms with Crippen LogP contribution in [-0.4, -0.2) is 20.1 Å². The first-order valence-corrected chi connectivity index (χ1v) is 9.94. The SMILES string of the molecule is COc1cc2c(cc1OC)[C@H](NC(=O)c1cc(=O)c(OCc3ccccc3)co1)CC2. The highest BCUT2D eigenvalue weighted by atomic mass is 16.5. The summed E-state index contributed by atoms with van der Waals surface area (Å²) in [6, 6.07) is 14.2. The van der Waals surface area contributed by atoms with Gasteiger partial charge in [0.05, 0.1) is 20.3 Å². The molecule has 0 unspecified atom stereocenters. The average molecular weight is 421 g/mol. The monoisotopic (exact) mass is 421 g/mol. The Balaban J connectivity index is 1.45. The Morgan fingerprint density at radius 3 is 2.52 bits per heavy atom. The smallest absolute Gasteiger partial charge is 0.287 e. The fraction of sp³-hybridized carbons (Fsp3) is 0.250. The van der Waals surface area contributed by atoms with Crippen molar-refractivity contribution in [2.24, 2.45) is 0 Å². The van der Waals surface area contributed by atoms with Crippen LogP contribution in [0.4, 0.5) is 0 Å². The second-order valence-electron chi connectivity index (χ2n) is 7.22. The van der Waals surface area contributed by atoms with Crippen molar-refractivity contribution < 1.29 is 23.4 Å². The third-order valence-corrected chi connectivity index (χ3v) is 5.29. The molecule has 0 radical (unpaired) electrons. The van der Waals surface area contributed by atoms with Crippen LogP contribution in [0.2, 0.25) is 0 Å². The lowest BCUT2D eigenvalue weighted by Crippen LogP contribution is -2.28. The molecule has 160 valence electrons. The van der Waals surface area contributed by atoms with Crippen LogP contribution in [0.25, 0.3) is 0 Å². The van der Waals surface area contributed by atoms with E-state index in [4.69, 9.17) is 18.6 Å². The summed E-state index contributed by atoms with van der Waals surface area (Å²) in [6.45, 7) is 0.237. The van der Waals surface area contributed by atoms with E-state index in [9.17, 15) is 9.59 Å². The van der Waals surface area contributed by atoms with Crippen molar-refractivity contribution in [3.8, 4) is 17.2 Å². The number of carbonyl (C=O) groups is 1. The lowest BCUT2D eigenvalue weighted by molar-refractivity contribution is 0.0905. The molecule has 4 rings (SSSR count). The maximum Gasteiger partial charge on any atom is 0.287 e. The molecule has 1 aliphatic carbocycles. The van der Waals surface area contributed by atoms with Crippen molar-refractivity contribution >= 4 is 5.91 Å². The van der Waals surface area contributed by atoms with Crippen molar-refractivity contribution in [2.45, 2.75) is 25.5 Å². The summed E-state index contributed by atoms with van der Waals surface area (Å²) in [5.41, 5.74) is 2.58. The van der Waals surface area contributed by atoms with Crippen molar-refractivity contribution in [3.63, 3.8) is 0 Å². The lowest BCUT2D eigenvalue weighted by atomic mass is 10.1. The molecule has 0 saturated heterocycles. The maximum absolute atomic E-state index is 12.7. The fourth-order valence-electron chi connectivity index (χ4n) is 3.67. The first-order valence-electron chi connectivity index (χ1n) is 9.94. The number of aryl methyl sites for hydroxylation is 1. The largest absolute Gasteiger partial charge is 0.493 e. The van der Waals surface area contributed by atoms with Gasteiger partial charge < -0.3 is 23.9 Å². The zero-order chi connectivity index (χ0) is 21.8. The molecule has 0 bridgehead atoms. The summed E-state index contributed by atoms with van der Waals surface area (Å²) in [4.78, 5) is 25.1. The topological polar surface area (TPSA) is 87.0 Å². The summed E-state index contributed by atoms with van der Waals surface area (Å²) in [7, 11) is 3.16. The normalized spacial score (nSPS) is 14.6. The van der Waals surface area contributed by atoms with Gasteiger partial charge in [0.1, 0.15) is 12.9 Å². The molecule has 31 heavy (non-hydrogen) atoms. The minimum Gasteiger partial charge on any atom is -0.493 e. The molecule has 0 spiro atoms. The van der Waals surface area contributed by atoms with Gasteiger partial charge in [0.15, 0.2) is 17.3 Å². The molecule has 2 aromatic carbocycles. The summed E-state index contributed by atoms with van der Waals surface area (Å²) >= 11 is 0. The first kappa shape index (κ1) is 20.5. The Morgan fingerprint density at radius 1 is 1.06 bits per heavy atom. The van der Waals surface area contributed by atoms with E-state index in [2.05, 4.69) is 5.32 Å². The fourth-order valence-corrected chi connectivity index (χ4v) is 3.67. The zero-order valence-electron chi connectivity index (χ0n) is 17.3. The minimum atomic E-state index is -0.459. The van der Waals surface area contributed by atoms with Crippen molar-refractivity contribution in [1.29, 1.82) is 0 Å². The number of hydrogen-bond donors (Lipinski definition) is 1. The summed E-state index contributed by atoms with van der Waals surface area (Å²) < 4.78 is 21.6. The van der Waals surface area contributed by atoms with Gasteiger partial charge in [0, 0.05) is 6.07 Å². The Morgan fingerprint density at radius 2 is 1.81 bits per heavy atom. The first-order chi connectivity index (χ1) is 15.1. The maximum atomic E-state index is 12.7. The van der Waals surface area contributed by atoms with Crippen molar-refractivity contribution in [2.75, 3.05) is 14.2 Å². The molecule has 1 N–H and O–H groups in total. The lowest BCUT2D eigenvalue weighted by Gasteiger charge is -2.16. The van der Waals surface area contributed by atoms with Gasteiger partial charge in [-0.15, -0.1) is 0 Å². The molecular weight excluding hydrogens is 398 g/mol. The zero-order valence-corrected chi connectivity index (χ0v) is 17.3. The van der Waals surface area contributed by atoms with Crippen LogP contribution in [0.1, 0.15) is 39.7 Å². The minimum absolute atomic E-state index is 0.0587. The van der Waals surface area contributed by atoms with Crippen molar-refractivity contribution in [3.05, 3.63) is 87.5 Å². The molecule has 1 aliphatic rings. The summed E-state index contributed by atoms with van der Waals surface area (Å²) in [5.74, 6) is 0.799. The third-order valence-electron chi connectivity index (χ3n) is 5.29. The second-order valence-corrected chi connectivity index (χ2v) is 7.22. The molecule has 1 heterocycles. The Bertz CT molecular complexity index is 1140.